The number of Topliss-reactive ketones (excluding diaryl/α,β-unsaturated/α-hetero) is 3. The number of primary amides is 1. The minimum atomic E-state index is -1.41. The number of carbonyl (C=O) groups excluding carboxylic acids is 9. The van der Waals surface area contributed by atoms with Crippen LogP contribution in [0.15, 0.2) is 5.86 Å². The van der Waals surface area contributed by atoms with Crippen molar-refractivity contribution in [1.82, 2.24) is 24.5 Å². The number of hydrogen-bond donors (Lipinski definition) is 1. The zero-order chi connectivity index (χ0) is 52.3. The van der Waals surface area contributed by atoms with E-state index in [2.05, 4.69) is 48.0 Å². The van der Waals surface area contributed by atoms with E-state index in [9.17, 15) is 51.6 Å². The summed E-state index contributed by atoms with van der Waals surface area (Å²) in [5, 5.41) is 0. The molecule has 1 aliphatic heterocycles. The summed E-state index contributed by atoms with van der Waals surface area (Å²) in [6, 6.07) is 0. The summed E-state index contributed by atoms with van der Waals surface area (Å²) in [6.45, 7) is 25.7. The predicted molar refractivity (Wildman–Crippen MR) is 261 cm³/mol. The van der Waals surface area contributed by atoms with Crippen molar-refractivity contribution in [1.29, 1.82) is 0 Å². The zero-order valence-corrected chi connectivity index (χ0v) is 43.5. The quantitative estimate of drug-likeness (QED) is 0.190. The summed E-state index contributed by atoms with van der Waals surface area (Å²) in [5.41, 5.74) is 7.04. The van der Waals surface area contributed by atoms with Crippen molar-refractivity contribution >= 4 is 119 Å². The van der Waals surface area contributed by atoms with E-state index in [-0.39, 0.29) is 79.3 Å². The number of nitrogens with two attached hydrogens (primary N) is 1. The van der Waals surface area contributed by atoms with Crippen LogP contribution in [0.3, 0.4) is 0 Å². The molecule has 0 saturated carbocycles. The Balaban J connectivity index is -0.0000000976. The molecule has 363 valence electrons. The molecule has 65 heavy (non-hydrogen) atoms. The number of ether oxygens (including phenoxy) is 1. The summed E-state index contributed by atoms with van der Waals surface area (Å²) < 4.78 is 33.7. The summed E-state index contributed by atoms with van der Waals surface area (Å²) in [4.78, 5) is 101. The van der Waals surface area contributed by atoms with Gasteiger partial charge in [-0.05, 0) is 20.8 Å². The fraction of sp³-hybridized carbons (Fsp3) is 0.676. The van der Waals surface area contributed by atoms with Crippen molar-refractivity contribution in [3.05, 3.63) is 16.8 Å². The van der Waals surface area contributed by atoms with Gasteiger partial charge < -0.3 is 30.1 Å². The molecule has 6 amide bonds. The number of carbonyl (C=O) groups is 9. The van der Waals surface area contributed by atoms with E-state index in [0.29, 0.717) is 13.3 Å². The molecule has 7 radical (unpaired) electrons. The van der Waals surface area contributed by atoms with Crippen molar-refractivity contribution in [2.45, 2.75) is 89.3 Å². The fourth-order valence-corrected chi connectivity index (χ4v) is 4.14. The Kier molecular flexibility index (Phi) is 61.3. The number of methoxy groups -OCH3 is 1. The van der Waals surface area contributed by atoms with Crippen molar-refractivity contribution in [2.24, 2.45) is 5.73 Å². The first-order valence-corrected chi connectivity index (χ1v) is 21.6. The Morgan fingerprint density at radius 3 is 1.09 bits per heavy atom. The summed E-state index contributed by atoms with van der Waals surface area (Å²) in [6.07, 6.45) is 0. The smallest absolute Gasteiger partial charge is 0.214 e. The predicted octanol–water partition coefficient (Wildman–Crippen LogP) is -1.27. The molecule has 0 saturated heterocycles. The molecule has 0 spiro atoms. The van der Waals surface area contributed by atoms with Gasteiger partial charge in [-0.1, -0.05) is 13.8 Å². The van der Waals surface area contributed by atoms with Crippen LogP contribution in [-0.2, 0) is 91.5 Å². The summed E-state index contributed by atoms with van der Waals surface area (Å²) >= 11 is -2.81. The summed E-state index contributed by atoms with van der Waals surface area (Å²) in [7, 11) is 18.7. The molecule has 2 N–H and O–H groups in total. The van der Waals surface area contributed by atoms with Crippen LogP contribution in [0.5, 0.6) is 0 Å². The van der Waals surface area contributed by atoms with Crippen molar-refractivity contribution < 1.29 is 64.7 Å². The number of fused-ring (bicyclic) bond motifs is 1. The standard InChI is InChI=1S/C7H8B3NO.2C7H14N2O2.2C4H8O3S.C4H8O2.C2H5NO.C2H6.B2.B/c1-5(12)11-2-6-7(3-11)10-9-4-8-6;2*1-6(10)8(3)5-9(4)7(2)11;2*1-4(5)3-8(6)7-2;1-4(5)3-6-2;1-2(3)4;2*1-2;/h4H,2-3H2,1H3;2*5H2,1-4H3;2*3H2,1-2H3;3H2,1-2H3;1H3,(H2,3,4);1-2H3;;. The molecule has 20 nitrogen and oxygen atoms in total. The van der Waals surface area contributed by atoms with E-state index in [4.69, 9.17) is 0 Å². The van der Waals surface area contributed by atoms with Gasteiger partial charge in [-0.25, -0.2) is 8.42 Å². The van der Waals surface area contributed by atoms with Gasteiger partial charge >= 0.3 is 72.9 Å². The van der Waals surface area contributed by atoms with Crippen LogP contribution in [0.1, 0.15) is 87.1 Å². The second kappa shape index (κ2) is 51.0. The number of nitrogens with zero attached hydrogens (tertiary/aromatic N) is 5. The van der Waals surface area contributed by atoms with Crippen LogP contribution < -0.4 is 5.73 Å². The van der Waals surface area contributed by atoms with Gasteiger partial charge in [0.05, 0.1) is 27.6 Å². The maximum atomic E-state index is 11.0. The second-order valence-electron chi connectivity index (χ2n) is 12.7. The number of ketones is 3. The van der Waals surface area contributed by atoms with Crippen LogP contribution in [0, 0.1) is 0 Å². The average Bonchev–Trinajstić information content (AvgIpc) is 3.65. The first kappa shape index (κ1) is 78.2. The number of hydrogen-bond acceptors (Lipinski definition) is 14. The minimum absolute atomic E-state index is 0. The monoisotopic (exact) mass is 954 g/mol. The Hall–Kier alpha value is -3.99. The summed E-state index contributed by atoms with van der Waals surface area (Å²) in [5.74, 6) is 1.49. The van der Waals surface area contributed by atoms with E-state index in [1.807, 2.05) is 31.4 Å². The van der Waals surface area contributed by atoms with Gasteiger partial charge in [-0.3, -0.25) is 46.7 Å². The molecule has 1 aliphatic rings. The van der Waals surface area contributed by atoms with Crippen molar-refractivity contribution in [3.8, 4) is 0 Å². The van der Waals surface area contributed by atoms with Gasteiger partial charge in [-0.2, -0.15) is 0 Å². The molecular formula is C37H71B6N6O14S2. The minimum Gasteiger partial charge on any atom is -0.377 e. The average molecular weight is 953 g/mol. The van der Waals surface area contributed by atoms with Crippen LogP contribution in [0.2, 0.25) is 0 Å². The van der Waals surface area contributed by atoms with Crippen LogP contribution >= 0.6 is 0 Å². The van der Waals surface area contributed by atoms with E-state index in [1.54, 1.807) is 35.1 Å². The Morgan fingerprint density at radius 2 is 0.923 bits per heavy atom. The van der Waals surface area contributed by atoms with Crippen LogP contribution in [0.4, 0.5) is 0 Å². The van der Waals surface area contributed by atoms with Crippen LogP contribution in [0.25, 0.3) is 0 Å². The molecule has 0 aliphatic carbocycles. The molecule has 2 unspecified atom stereocenters. The molecule has 2 rings (SSSR count). The normalized spacial score (nSPS) is 10.2. The third-order valence-corrected chi connectivity index (χ3v) is 8.67. The van der Waals surface area contributed by atoms with E-state index in [0.717, 1.165) is 13.1 Å². The first-order valence-electron chi connectivity index (χ1n) is 19.1. The van der Waals surface area contributed by atoms with Gasteiger partial charge in [0.2, 0.25) is 29.5 Å². The van der Waals surface area contributed by atoms with Gasteiger partial charge in [-0.15, -0.1) is 0 Å². The Bertz CT molecular complexity index is 1460. The molecule has 2 atom stereocenters. The first-order chi connectivity index (χ1) is 29.5. The molecule has 2 heterocycles. The third kappa shape index (κ3) is 60.0. The van der Waals surface area contributed by atoms with E-state index >= 15 is 0 Å². The van der Waals surface area contributed by atoms with E-state index < -0.39 is 22.2 Å². The zero-order valence-electron chi connectivity index (χ0n) is 41.8. The SMILES string of the molecule is CC.CC(=O)N(C)CN(C)C(C)=O.CC(=O)N(C)CN(C)C(C)=O.CC(=O)N1Cc2bbcbc2C1.CC(N)=O.COCC(C)=O.COS(=O)CC(C)=O.COS(=O)CC(C)=O.[B].[B][B]. The largest absolute Gasteiger partial charge is 0.377 e. The molecule has 28 heteroatoms. The number of rotatable bonds is 12. The molecule has 0 fully saturated rings. The van der Waals surface area contributed by atoms with Gasteiger partial charge in [0.25, 0.3) is 0 Å². The molecule has 1 aromatic rings. The molecule has 0 aromatic carbocycles. The van der Waals surface area contributed by atoms with Crippen molar-refractivity contribution in [3.63, 3.8) is 0 Å². The Labute approximate surface area is 399 Å². The van der Waals surface area contributed by atoms with Gasteiger partial charge in [0.1, 0.15) is 29.7 Å². The van der Waals surface area contributed by atoms with Gasteiger partial charge in [0, 0.05) is 93.8 Å². The van der Waals surface area contributed by atoms with Gasteiger partial charge in [0.15, 0.2) is 27.9 Å². The fourth-order valence-electron chi connectivity index (χ4n) is 3.24. The second-order valence-corrected chi connectivity index (χ2v) is 15.1. The maximum Gasteiger partial charge on any atom is 0.214 e. The van der Waals surface area contributed by atoms with E-state index in [1.165, 1.54) is 107 Å². The topological polar surface area (TPSA) is 258 Å². The van der Waals surface area contributed by atoms with Crippen LogP contribution in [-0.4, -0.2) is 211 Å². The molecular weight excluding hydrogens is 881 g/mol. The van der Waals surface area contributed by atoms with Crippen molar-refractivity contribution in [2.75, 3.05) is 81.0 Å². The Morgan fingerprint density at radius 1 is 0.631 bits per heavy atom. The third-order valence-electron chi connectivity index (χ3n) is 6.65. The molecule has 1 aromatic heterocycles. The maximum absolute atomic E-state index is 11.0. The molecule has 0 bridgehead atoms. The number of amides is 6.